The van der Waals surface area contributed by atoms with Gasteiger partial charge in [0.05, 0.1) is 31.5 Å². The van der Waals surface area contributed by atoms with Crippen molar-refractivity contribution in [1.29, 1.82) is 0 Å². The van der Waals surface area contributed by atoms with Crippen LogP contribution in [-0.4, -0.2) is 45.4 Å². The number of ether oxygens (including phenoxy) is 3. The summed E-state index contributed by atoms with van der Waals surface area (Å²) < 4.78 is 15.5. The number of halogens is 2. The summed E-state index contributed by atoms with van der Waals surface area (Å²) in [4.78, 5) is 12.1. The number of carbonyl (C=O) groups excluding carboxylic acids is 1. The van der Waals surface area contributed by atoms with Gasteiger partial charge in [0.25, 0.3) is 0 Å². The lowest BCUT2D eigenvalue weighted by atomic mass is 10.1. The molecule has 0 aliphatic heterocycles. The fourth-order valence-corrected chi connectivity index (χ4v) is 2.01. The van der Waals surface area contributed by atoms with E-state index in [0.29, 0.717) is 42.0 Å². The fraction of sp³-hybridized carbons (Fsp3) is 0.500. The van der Waals surface area contributed by atoms with Gasteiger partial charge in [0.1, 0.15) is 6.10 Å². The second-order valence-corrected chi connectivity index (χ2v) is 4.95. The number of methoxy groups -OCH3 is 1. The van der Waals surface area contributed by atoms with Gasteiger partial charge in [-0.3, -0.25) is 4.79 Å². The standard InChI is InChI=1S/C14H18Cl2O4/c1-10(20-8-7-19-6-5-18-2)14(17)12-4-3-11(15)9-13(12)16/h3-4,9-10H,5-8H2,1-2H3. The average molecular weight is 321 g/mol. The normalized spacial score (nSPS) is 12.4. The number of benzene rings is 1. The summed E-state index contributed by atoms with van der Waals surface area (Å²) in [6.45, 7) is 3.47. The molecule has 0 saturated carbocycles. The quantitative estimate of drug-likeness (QED) is 0.517. The Labute approximate surface area is 128 Å². The van der Waals surface area contributed by atoms with Crippen LogP contribution >= 0.6 is 23.2 Å². The number of carbonyl (C=O) groups is 1. The van der Waals surface area contributed by atoms with E-state index in [4.69, 9.17) is 37.4 Å². The van der Waals surface area contributed by atoms with Crippen molar-refractivity contribution in [2.45, 2.75) is 13.0 Å². The monoisotopic (exact) mass is 320 g/mol. The molecule has 0 N–H and O–H groups in total. The Bertz CT molecular complexity index is 437. The highest BCUT2D eigenvalue weighted by Gasteiger charge is 2.18. The Morgan fingerprint density at radius 3 is 2.55 bits per heavy atom. The van der Waals surface area contributed by atoms with E-state index in [1.807, 2.05) is 0 Å². The van der Waals surface area contributed by atoms with Gasteiger partial charge in [0.2, 0.25) is 0 Å². The maximum atomic E-state index is 12.1. The van der Waals surface area contributed by atoms with Crippen molar-refractivity contribution in [1.82, 2.24) is 0 Å². The van der Waals surface area contributed by atoms with Crippen molar-refractivity contribution in [2.75, 3.05) is 33.5 Å². The molecule has 4 nitrogen and oxygen atoms in total. The maximum absolute atomic E-state index is 12.1. The van der Waals surface area contributed by atoms with E-state index in [-0.39, 0.29) is 5.78 Å². The molecule has 0 radical (unpaired) electrons. The Balaban J connectivity index is 2.39. The zero-order valence-electron chi connectivity index (χ0n) is 11.5. The van der Waals surface area contributed by atoms with Gasteiger partial charge in [-0.25, -0.2) is 0 Å². The molecule has 1 aromatic carbocycles. The Morgan fingerprint density at radius 2 is 1.90 bits per heavy atom. The van der Waals surface area contributed by atoms with Gasteiger partial charge in [-0.15, -0.1) is 0 Å². The van der Waals surface area contributed by atoms with E-state index < -0.39 is 6.10 Å². The predicted octanol–water partition coefficient (Wildman–Crippen LogP) is 3.24. The molecule has 0 aromatic heterocycles. The van der Waals surface area contributed by atoms with Gasteiger partial charge in [-0.1, -0.05) is 23.2 Å². The molecule has 1 rings (SSSR count). The molecule has 1 atom stereocenters. The van der Waals surface area contributed by atoms with Gasteiger partial charge >= 0.3 is 0 Å². The molecular weight excluding hydrogens is 303 g/mol. The summed E-state index contributed by atoms with van der Waals surface area (Å²) in [6, 6.07) is 4.76. The summed E-state index contributed by atoms with van der Waals surface area (Å²) in [7, 11) is 1.61. The smallest absolute Gasteiger partial charge is 0.192 e. The molecule has 0 aliphatic rings. The van der Waals surface area contributed by atoms with Gasteiger partial charge in [-0.2, -0.15) is 0 Å². The van der Waals surface area contributed by atoms with Gasteiger partial charge in [-0.05, 0) is 25.1 Å². The van der Waals surface area contributed by atoms with Crippen molar-refractivity contribution in [3.8, 4) is 0 Å². The third-order valence-corrected chi connectivity index (χ3v) is 3.14. The fourth-order valence-electron chi connectivity index (χ4n) is 1.51. The van der Waals surface area contributed by atoms with Crippen LogP contribution in [0.4, 0.5) is 0 Å². The van der Waals surface area contributed by atoms with Crippen LogP contribution < -0.4 is 0 Å². The molecule has 20 heavy (non-hydrogen) atoms. The van der Waals surface area contributed by atoms with E-state index in [1.165, 1.54) is 6.07 Å². The lowest BCUT2D eigenvalue weighted by Crippen LogP contribution is -2.23. The Morgan fingerprint density at radius 1 is 1.20 bits per heavy atom. The largest absolute Gasteiger partial charge is 0.382 e. The second kappa shape index (κ2) is 9.32. The van der Waals surface area contributed by atoms with Crippen LogP contribution in [0.25, 0.3) is 0 Å². The molecule has 0 heterocycles. The summed E-state index contributed by atoms with van der Waals surface area (Å²) >= 11 is 11.8. The second-order valence-electron chi connectivity index (χ2n) is 4.11. The molecule has 0 aliphatic carbocycles. The number of rotatable bonds is 9. The lowest BCUT2D eigenvalue weighted by Gasteiger charge is -2.13. The van der Waals surface area contributed by atoms with Crippen LogP contribution in [0.2, 0.25) is 10.0 Å². The zero-order valence-corrected chi connectivity index (χ0v) is 13.0. The van der Waals surface area contributed by atoms with E-state index >= 15 is 0 Å². The first-order valence-corrected chi connectivity index (χ1v) is 6.99. The minimum Gasteiger partial charge on any atom is -0.382 e. The van der Waals surface area contributed by atoms with Gasteiger partial charge < -0.3 is 14.2 Å². The van der Waals surface area contributed by atoms with Gasteiger partial charge in [0.15, 0.2) is 5.78 Å². The molecule has 0 bridgehead atoms. The third-order valence-electron chi connectivity index (χ3n) is 2.59. The van der Waals surface area contributed by atoms with Crippen LogP contribution in [0.3, 0.4) is 0 Å². The first-order chi connectivity index (χ1) is 9.56. The highest BCUT2D eigenvalue weighted by molar-refractivity contribution is 6.37. The van der Waals surface area contributed by atoms with E-state index in [2.05, 4.69) is 0 Å². The Kier molecular flexibility index (Phi) is 8.11. The van der Waals surface area contributed by atoms with Crippen molar-refractivity contribution < 1.29 is 19.0 Å². The first kappa shape index (κ1) is 17.4. The minimum absolute atomic E-state index is 0.177. The third kappa shape index (κ3) is 5.77. The predicted molar refractivity (Wildman–Crippen MR) is 78.9 cm³/mol. The Hall–Kier alpha value is -0.650. The molecule has 6 heteroatoms. The molecule has 0 fully saturated rings. The minimum atomic E-state index is -0.584. The SMILES string of the molecule is COCCOCCOC(C)C(=O)c1ccc(Cl)cc1Cl. The lowest BCUT2D eigenvalue weighted by molar-refractivity contribution is 0.00355. The number of hydrogen-bond acceptors (Lipinski definition) is 4. The van der Waals surface area contributed by atoms with Crippen LogP contribution in [-0.2, 0) is 14.2 Å². The number of ketones is 1. The molecule has 0 spiro atoms. The van der Waals surface area contributed by atoms with Crippen molar-refractivity contribution in [3.63, 3.8) is 0 Å². The number of Topliss-reactive ketones (excluding diaryl/α,β-unsaturated/α-hetero) is 1. The van der Waals surface area contributed by atoms with Gasteiger partial charge in [0, 0.05) is 17.7 Å². The molecule has 0 amide bonds. The summed E-state index contributed by atoms with van der Waals surface area (Å²) in [6.07, 6.45) is -0.584. The van der Waals surface area contributed by atoms with Crippen LogP contribution in [0.15, 0.2) is 18.2 Å². The number of hydrogen-bond donors (Lipinski definition) is 0. The van der Waals surface area contributed by atoms with Crippen molar-refractivity contribution >= 4 is 29.0 Å². The molecule has 112 valence electrons. The van der Waals surface area contributed by atoms with E-state index in [1.54, 1.807) is 26.2 Å². The molecular formula is C14H18Cl2O4. The van der Waals surface area contributed by atoms with Crippen LogP contribution in [0.1, 0.15) is 17.3 Å². The molecule has 0 saturated heterocycles. The highest BCUT2D eigenvalue weighted by Crippen LogP contribution is 2.22. The zero-order chi connectivity index (χ0) is 15.0. The maximum Gasteiger partial charge on any atom is 0.192 e. The average Bonchev–Trinajstić information content (AvgIpc) is 2.41. The molecule has 1 unspecified atom stereocenters. The van der Waals surface area contributed by atoms with E-state index in [9.17, 15) is 4.79 Å². The highest BCUT2D eigenvalue weighted by atomic mass is 35.5. The van der Waals surface area contributed by atoms with Crippen LogP contribution in [0.5, 0.6) is 0 Å². The first-order valence-electron chi connectivity index (χ1n) is 6.23. The van der Waals surface area contributed by atoms with Crippen LogP contribution in [0, 0.1) is 0 Å². The molecule has 1 aromatic rings. The summed E-state index contributed by atoms with van der Waals surface area (Å²) in [5, 5.41) is 0.820. The van der Waals surface area contributed by atoms with Crippen molar-refractivity contribution in [2.24, 2.45) is 0 Å². The summed E-state index contributed by atoms with van der Waals surface area (Å²) in [5.74, 6) is -0.177. The topological polar surface area (TPSA) is 44.8 Å². The van der Waals surface area contributed by atoms with Crippen molar-refractivity contribution in [3.05, 3.63) is 33.8 Å². The summed E-state index contributed by atoms with van der Waals surface area (Å²) in [5.41, 5.74) is 0.406. The van der Waals surface area contributed by atoms with E-state index in [0.717, 1.165) is 0 Å².